The number of nitrogens with two attached hydrogens (primary N) is 1. The molecule has 0 saturated carbocycles. The van der Waals surface area contributed by atoms with Gasteiger partial charge in [0, 0.05) is 34.0 Å². The molecular formula is C14H14BrN3S. The molecule has 1 unspecified atom stereocenters. The molecule has 98 valence electrons. The van der Waals surface area contributed by atoms with Gasteiger partial charge in [-0.15, -0.1) is 11.3 Å². The Hall–Kier alpha value is -1.35. The topological polar surface area (TPSA) is 53.0 Å². The van der Waals surface area contributed by atoms with Crippen LogP contribution in [0.5, 0.6) is 0 Å². The number of halogens is 1. The van der Waals surface area contributed by atoms with E-state index in [1.807, 2.05) is 31.3 Å². The number of thiophene rings is 1. The van der Waals surface area contributed by atoms with Gasteiger partial charge in [0.15, 0.2) is 0 Å². The van der Waals surface area contributed by atoms with Gasteiger partial charge in [-0.2, -0.15) is 5.26 Å². The van der Waals surface area contributed by atoms with Crippen molar-refractivity contribution in [3.8, 4) is 6.07 Å². The van der Waals surface area contributed by atoms with Crippen LogP contribution in [0.1, 0.15) is 16.5 Å². The van der Waals surface area contributed by atoms with Crippen molar-refractivity contribution in [1.29, 1.82) is 5.26 Å². The number of hydrogen-bond acceptors (Lipinski definition) is 4. The van der Waals surface area contributed by atoms with Gasteiger partial charge in [-0.1, -0.05) is 0 Å². The maximum Gasteiger partial charge on any atom is 0.0991 e. The fourth-order valence-electron chi connectivity index (χ4n) is 1.92. The number of nitriles is 1. The first kappa shape index (κ1) is 14.1. The summed E-state index contributed by atoms with van der Waals surface area (Å²) in [5.41, 5.74) is 7.63. The summed E-state index contributed by atoms with van der Waals surface area (Å²) in [5, 5.41) is 10.9. The zero-order valence-corrected chi connectivity index (χ0v) is 12.9. The molecule has 5 heteroatoms. The van der Waals surface area contributed by atoms with Crippen LogP contribution >= 0.6 is 27.3 Å². The molecule has 0 fully saturated rings. The Bertz CT molecular complexity index is 585. The molecule has 19 heavy (non-hydrogen) atoms. The summed E-state index contributed by atoms with van der Waals surface area (Å²) in [4.78, 5) is 3.36. The highest BCUT2D eigenvalue weighted by atomic mass is 79.9. The second-order valence-corrected chi connectivity index (χ2v) is 6.05. The van der Waals surface area contributed by atoms with Crippen molar-refractivity contribution in [2.24, 2.45) is 5.73 Å². The fourth-order valence-corrected chi connectivity index (χ4v) is 3.52. The van der Waals surface area contributed by atoms with Gasteiger partial charge in [0.25, 0.3) is 0 Å². The van der Waals surface area contributed by atoms with E-state index in [2.05, 4.69) is 38.3 Å². The van der Waals surface area contributed by atoms with Crippen LogP contribution in [0.25, 0.3) is 0 Å². The van der Waals surface area contributed by atoms with Gasteiger partial charge in [-0.05, 0) is 46.3 Å². The van der Waals surface area contributed by atoms with Crippen molar-refractivity contribution >= 4 is 33.0 Å². The SMILES string of the molecule is CN(c1ccc(C#N)cc1)C(CN)c1cc(Br)cs1. The Balaban J connectivity index is 2.25. The number of benzene rings is 1. The Morgan fingerprint density at radius 1 is 1.42 bits per heavy atom. The smallest absolute Gasteiger partial charge is 0.0991 e. The summed E-state index contributed by atoms with van der Waals surface area (Å²) in [6.07, 6.45) is 0. The van der Waals surface area contributed by atoms with E-state index in [0.717, 1.165) is 10.2 Å². The molecule has 0 bridgehead atoms. The van der Waals surface area contributed by atoms with Crippen LogP contribution in [-0.4, -0.2) is 13.6 Å². The monoisotopic (exact) mass is 335 g/mol. The lowest BCUT2D eigenvalue weighted by molar-refractivity contribution is 0.692. The molecule has 1 atom stereocenters. The van der Waals surface area contributed by atoms with E-state index in [1.54, 1.807) is 11.3 Å². The summed E-state index contributed by atoms with van der Waals surface area (Å²) in [6.45, 7) is 0.545. The first-order chi connectivity index (χ1) is 9.15. The summed E-state index contributed by atoms with van der Waals surface area (Å²) in [7, 11) is 2.02. The molecule has 2 N–H and O–H groups in total. The molecule has 3 nitrogen and oxygen atoms in total. The molecule has 0 aliphatic rings. The maximum atomic E-state index is 8.82. The van der Waals surface area contributed by atoms with E-state index in [1.165, 1.54) is 4.88 Å². The van der Waals surface area contributed by atoms with Crippen LogP contribution in [0.3, 0.4) is 0 Å². The highest BCUT2D eigenvalue weighted by Crippen LogP contribution is 2.31. The minimum absolute atomic E-state index is 0.143. The van der Waals surface area contributed by atoms with E-state index in [0.29, 0.717) is 12.1 Å². The molecule has 0 saturated heterocycles. The van der Waals surface area contributed by atoms with E-state index in [4.69, 9.17) is 11.0 Å². The number of hydrogen-bond donors (Lipinski definition) is 1. The number of anilines is 1. The average molecular weight is 336 g/mol. The normalized spacial score (nSPS) is 11.9. The average Bonchev–Trinajstić information content (AvgIpc) is 2.86. The van der Waals surface area contributed by atoms with Crippen LogP contribution in [0.15, 0.2) is 40.2 Å². The van der Waals surface area contributed by atoms with Gasteiger partial charge in [0.1, 0.15) is 0 Å². The minimum atomic E-state index is 0.143. The minimum Gasteiger partial charge on any atom is -0.365 e. The third-order valence-electron chi connectivity index (χ3n) is 3.01. The highest BCUT2D eigenvalue weighted by Gasteiger charge is 2.17. The third kappa shape index (κ3) is 3.16. The second kappa shape index (κ2) is 6.20. The van der Waals surface area contributed by atoms with Crippen molar-refractivity contribution in [2.75, 3.05) is 18.5 Å². The van der Waals surface area contributed by atoms with Crippen LogP contribution in [0.2, 0.25) is 0 Å². The van der Waals surface area contributed by atoms with Crippen molar-refractivity contribution in [3.05, 3.63) is 50.6 Å². The van der Waals surface area contributed by atoms with Crippen molar-refractivity contribution < 1.29 is 0 Å². The summed E-state index contributed by atoms with van der Waals surface area (Å²) in [6, 6.07) is 11.9. The summed E-state index contributed by atoms with van der Waals surface area (Å²) < 4.78 is 1.08. The third-order valence-corrected chi connectivity index (χ3v) is 4.81. The van der Waals surface area contributed by atoms with E-state index in [9.17, 15) is 0 Å². The summed E-state index contributed by atoms with van der Waals surface area (Å²) in [5.74, 6) is 0. The van der Waals surface area contributed by atoms with Crippen LogP contribution < -0.4 is 10.6 Å². The first-order valence-corrected chi connectivity index (χ1v) is 7.50. The Labute approximate surface area is 125 Å². The molecule has 0 amide bonds. The quantitative estimate of drug-likeness (QED) is 0.929. The lowest BCUT2D eigenvalue weighted by Gasteiger charge is -2.28. The molecule has 0 radical (unpaired) electrons. The molecular weight excluding hydrogens is 322 g/mol. The standard InChI is InChI=1S/C14H14BrN3S/c1-18(12-4-2-10(7-16)3-5-12)13(8-17)14-6-11(15)9-19-14/h2-6,9,13H,8,17H2,1H3. The van der Waals surface area contributed by atoms with Crippen LogP contribution in [-0.2, 0) is 0 Å². The summed E-state index contributed by atoms with van der Waals surface area (Å²) >= 11 is 5.16. The zero-order valence-electron chi connectivity index (χ0n) is 10.5. The van der Waals surface area contributed by atoms with Gasteiger partial charge in [-0.3, -0.25) is 0 Å². The van der Waals surface area contributed by atoms with Gasteiger partial charge < -0.3 is 10.6 Å². The van der Waals surface area contributed by atoms with Crippen molar-refractivity contribution in [2.45, 2.75) is 6.04 Å². The second-order valence-electron chi connectivity index (χ2n) is 4.19. The van der Waals surface area contributed by atoms with Gasteiger partial charge in [0.05, 0.1) is 17.7 Å². The van der Waals surface area contributed by atoms with E-state index in [-0.39, 0.29) is 6.04 Å². The van der Waals surface area contributed by atoms with Gasteiger partial charge >= 0.3 is 0 Å². The van der Waals surface area contributed by atoms with Gasteiger partial charge in [-0.25, -0.2) is 0 Å². The fraction of sp³-hybridized carbons (Fsp3) is 0.214. The molecule has 1 aromatic heterocycles. The lowest BCUT2D eigenvalue weighted by atomic mass is 10.1. The molecule has 1 aromatic carbocycles. The predicted molar refractivity (Wildman–Crippen MR) is 83.4 cm³/mol. The van der Waals surface area contributed by atoms with Crippen LogP contribution in [0, 0.1) is 11.3 Å². The Morgan fingerprint density at radius 3 is 2.58 bits per heavy atom. The number of rotatable bonds is 4. The molecule has 2 aromatic rings. The zero-order chi connectivity index (χ0) is 13.8. The predicted octanol–water partition coefficient (Wildman–Crippen LogP) is 3.52. The Morgan fingerprint density at radius 2 is 2.11 bits per heavy atom. The van der Waals surface area contributed by atoms with Crippen molar-refractivity contribution in [1.82, 2.24) is 0 Å². The highest BCUT2D eigenvalue weighted by molar-refractivity contribution is 9.10. The number of likely N-dealkylation sites (N-methyl/N-ethyl adjacent to an activating group) is 1. The first-order valence-electron chi connectivity index (χ1n) is 5.82. The van der Waals surface area contributed by atoms with Crippen molar-refractivity contribution in [3.63, 3.8) is 0 Å². The Kier molecular flexibility index (Phi) is 4.59. The van der Waals surface area contributed by atoms with Crippen LogP contribution in [0.4, 0.5) is 5.69 Å². The maximum absolute atomic E-state index is 8.82. The largest absolute Gasteiger partial charge is 0.365 e. The lowest BCUT2D eigenvalue weighted by Crippen LogP contribution is -2.29. The van der Waals surface area contributed by atoms with E-state index >= 15 is 0 Å². The molecule has 0 aliphatic heterocycles. The molecule has 1 heterocycles. The molecule has 0 aliphatic carbocycles. The molecule has 2 rings (SSSR count). The van der Waals surface area contributed by atoms with E-state index < -0.39 is 0 Å². The molecule has 0 spiro atoms. The van der Waals surface area contributed by atoms with Gasteiger partial charge in [0.2, 0.25) is 0 Å². The number of nitrogens with zero attached hydrogens (tertiary/aromatic N) is 2.